The maximum absolute atomic E-state index is 11.7. The van der Waals surface area contributed by atoms with Crippen molar-refractivity contribution < 1.29 is 19.4 Å². The van der Waals surface area contributed by atoms with Crippen molar-refractivity contribution in [3.63, 3.8) is 0 Å². The molecule has 1 aliphatic rings. The van der Waals surface area contributed by atoms with Gasteiger partial charge >= 0.3 is 12.0 Å². The second-order valence-electron chi connectivity index (χ2n) is 5.53. The number of aliphatic carboxylic acids is 1. The first-order valence-corrected chi connectivity index (χ1v) is 6.72. The average Bonchev–Trinajstić information content (AvgIpc) is 2.27. The van der Waals surface area contributed by atoms with Gasteiger partial charge in [0.05, 0.1) is 6.54 Å². The van der Waals surface area contributed by atoms with Crippen molar-refractivity contribution in [3.05, 3.63) is 0 Å². The molecule has 0 aliphatic heterocycles. The van der Waals surface area contributed by atoms with Gasteiger partial charge in [0, 0.05) is 13.2 Å². The van der Waals surface area contributed by atoms with Gasteiger partial charge in [0.25, 0.3) is 0 Å². The minimum Gasteiger partial charge on any atom is -0.479 e. The zero-order valence-corrected chi connectivity index (χ0v) is 11.8. The van der Waals surface area contributed by atoms with Crippen molar-refractivity contribution in [3.8, 4) is 0 Å². The van der Waals surface area contributed by atoms with E-state index in [0.29, 0.717) is 11.8 Å². The molecule has 0 aromatic rings. The molecule has 19 heavy (non-hydrogen) atoms. The Balaban J connectivity index is 2.32. The Hall–Kier alpha value is -1.30. The van der Waals surface area contributed by atoms with Crippen LogP contribution in [0.15, 0.2) is 0 Å². The maximum Gasteiger partial charge on any atom is 0.334 e. The topological polar surface area (TPSA) is 87.7 Å². The SMILES string of the molecule is COC(CNC(=O)NC1CC(C)CC(C)C1)C(=O)O. The van der Waals surface area contributed by atoms with E-state index in [9.17, 15) is 9.59 Å². The van der Waals surface area contributed by atoms with E-state index in [2.05, 4.69) is 24.5 Å². The van der Waals surface area contributed by atoms with Crippen LogP contribution in [-0.2, 0) is 9.53 Å². The van der Waals surface area contributed by atoms with Gasteiger partial charge in [0.1, 0.15) is 0 Å². The summed E-state index contributed by atoms with van der Waals surface area (Å²) >= 11 is 0. The van der Waals surface area contributed by atoms with Gasteiger partial charge in [0.2, 0.25) is 0 Å². The van der Waals surface area contributed by atoms with E-state index in [1.54, 1.807) is 0 Å². The van der Waals surface area contributed by atoms with E-state index in [-0.39, 0.29) is 18.6 Å². The van der Waals surface area contributed by atoms with Crippen LogP contribution in [0.4, 0.5) is 4.79 Å². The van der Waals surface area contributed by atoms with Gasteiger partial charge in [0.15, 0.2) is 6.10 Å². The average molecular weight is 272 g/mol. The third-order valence-corrected chi connectivity index (χ3v) is 3.52. The van der Waals surface area contributed by atoms with Crippen molar-refractivity contribution in [1.82, 2.24) is 10.6 Å². The molecule has 6 heteroatoms. The zero-order chi connectivity index (χ0) is 14.4. The molecule has 0 bridgehead atoms. The number of carboxylic acid groups (broad SMARTS) is 1. The Bertz CT molecular complexity index is 312. The quantitative estimate of drug-likeness (QED) is 0.702. The molecule has 1 fully saturated rings. The van der Waals surface area contributed by atoms with Gasteiger partial charge in [-0.15, -0.1) is 0 Å². The molecule has 6 nitrogen and oxygen atoms in total. The van der Waals surface area contributed by atoms with Crippen molar-refractivity contribution in [2.24, 2.45) is 11.8 Å². The minimum atomic E-state index is -1.08. The van der Waals surface area contributed by atoms with Crippen LogP contribution in [0.5, 0.6) is 0 Å². The fourth-order valence-corrected chi connectivity index (χ4v) is 2.76. The molecule has 1 rings (SSSR count). The highest BCUT2D eigenvalue weighted by Crippen LogP contribution is 2.28. The Kier molecular flexibility index (Phi) is 6.08. The van der Waals surface area contributed by atoms with E-state index < -0.39 is 12.1 Å². The number of rotatable bonds is 5. The smallest absolute Gasteiger partial charge is 0.334 e. The highest BCUT2D eigenvalue weighted by molar-refractivity contribution is 5.77. The number of carbonyl (C=O) groups is 2. The third-order valence-electron chi connectivity index (χ3n) is 3.52. The van der Waals surface area contributed by atoms with Gasteiger partial charge in [-0.1, -0.05) is 13.8 Å². The van der Waals surface area contributed by atoms with Crippen LogP contribution < -0.4 is 10.6 Å². The largest absolute Gasteiger partial charge is 0.479 e. The number of ether oxygens (including phenoxy) is 1. The summed E-state index contributed by atoms with van der Waals surface area (Å²) in [6.07, 6.45) is 2.15. The number of carboxylic acids is 1. The predicted octanol–water partition coefficient (Wildman–Crippen LogP) is 1.21. The van der Waals surface area contributed by atoms with E-state index in [1.165, 1.54) is 13.5 Å². The standard InChI is InChI=1S/C13H24N2O4/c1-8-4-9(2)6-10(5-8)15-13(18)14-7-11(19-3)12(16)17/h8-11H,4-7H2,1-3H3,(H,16,17)(H2,14,15,18). The summed E-state index contributed by atoms with van der Waals surface area (Å²) in [5.74, 6) is 0.141. The predicted molar refractivity (Wildman–Crippen MR) is 70.9 cm³/mol. The molecule has 1 aliphatic carbocycles. The van der Waals surface area contributed by atoms with E-state index in [1.807, 2.05) is 0 Å². The van der Waals surface area contributed by atoms with Gasteiger partial charge in [-0.2, -0.15) is 0 Å². The number of carbonyl (C=O) groups excluding carboxylic acids is 1. The van der Waals surface area contributed by atoms with Crippen LogP contribution in [0, 0.1) is 11.8 Å². The van der Waals surface area contributed by atoms with Crippen molar-refractivity contribution >= 4 is 12.0 Å². The summed E-state index contributed by atoms with van der Waals surface area (Å²) in [7, 11) is 1.31. The molecular weight excluding hydrogens is 248 g/mol. The Morgan fingerprint density at radius 3 is 2.32 bits per heavy atom. The van der Waals surface area contributed by atoms with Crippen LogP contribution in [0.25, 0.3) is 0 Å². The summed E-state index contributed by atoms with van der Waals surface area (Å²) < 4.78 is 4.74. The lowest BCUT2D eigenvalue weighted by atomic mass is 9.80. The monoisotopic (exact) mass is 272 g/mol. The summed E-state index contributed by atoms with van der Waals surface area (Å²) in [6, 6.07) is -0.154. The minimum absolute atomic E-state index is 0.0322. The van der Waals surface area contributed by atoms with E-state index >= 15 is 0 Å². The lowest BCUT2D eigenvalue weighted by Gasteiger charge is -2.32. The molecule has 3 N–H and O–H groups in total. The number of hydrogen-bond acceptors (Lipinski definition) is 3. The number of amides is 2. The molecule has 0 saturated heterocycles. The van der Waals surface area contributed by atoms with E-state index in [4.69, 9.17) is 9.84 Å². The molecule has 0 aromatic carbocycles. The number of urea groups is 1. The number of hydrogen-bond donors (Lipinski definition) is 3. The van der Waals surface area contributed by atoms with Crippen molar-refractivity contribution in [1.29, 1.82) is 0 Å². The molecule has 110 valence electrons. The van der Waals surface area contributed by atoms with Crippen LogP contribution in [0.2, 0.25) is 0 Å². The van der Waals surface area contributed by atoms with Gasteiger partial charge < -0.3 is 20.5 Å². The Morgan fingerprint density at radius 1 is 1.26 bits per heavy atom. The normalized spacial score (nSPS) is 28.5. The van der Waals surface area contributed by atoms with Crippen LogP contribution in [0.3, 0.4) is 0 Å². The highest BCUT2D eigenvalue weighted by Gasteiger charge is 2.25. The summed E-state index contributed by atoms with van der Waals surface area (Å²) in [6.45, 7) is 4.34. The first kappa shape index (κ1) is 15.8. The molecular formula is C13H24N2O4. The van der Waals surface area contributed by atoms with Crippen LogP contribution in [0.1, 0.15) is 33.1 Å². The fourth-order valence-electron chi connectivity index (χ4n) is 2.76. The molecule has 0 heterocycles. The van der Waals surface area contributed by atoms with Crippen molar-refractivity contribution in [2.75, 3.05) is 13.7 Å². The second kappa shape index (κ2) is 7.33. The van der Waals surface area contributed by atoms with Crippen molar-refractivity contribution in [2.45, 2.75) is 45.3 Å². The first-order valence-electron chi connectivity index (χ1n) is 6.72. The van der Waals surface area contributed by atoms with Crippen LogP contribution in [-0.4, -0.2) is 42.9 Å². The molecule has 0 spiro atoms. The summed E-state index contributed by atoms with van der Waals surface area (Å²) in [4.78, 5) is 22.4. The number of nitrogens with one attached hydrogen (secondary N) is 2. The first-order chi connectivity index (χ1) is 8.92. The number of methoxy groups -OCH3 is 1. The van der Waals surface area contributed by atoms with Gasteiger partial charge in [-0.25, -0.2) is 9.59 Å². The lowest BCUT2D eigenvalue weighted by molar-refractivity contribution is -0.147. The summed E-state index contributed by atoms with van der Waals surface area (Å²) in [5, 5.41) is 14.2. The lowest BCUT2D eigenvalue weighted by Crippen LogP contribution is -2.48. The Labute approximate surface area is 113 Å². The zero-order valence-electron chi connectivity index (χ0n) is 11.8. The van der Waals surface area contributed by atoms with E-state index in [0.717, 1.165) is 12.8 Å². The van der Waals surface area contributed by atoms with Crippen LogP contribution >= 0.6 is 0 Å². The molecule has 2 amide bonds. The molecule has 0 aromatic heterocycles. The third kappa shape index (κ3) is 5.46. The van der Waals surface area contributed by atoms with Gasteiger partial charge in [-0.3, -0.25) is 0 Å². The summed E-state index contributed by atoms with van der Waals surface area (Å²) in [5.41, 5.74) is 0. The second-order valence-corrected chi connectivity index (χ2v) is 5.53. The van der Waals surface area contributed by atoms with Gasteiger partial charge in [-0.05, 0) is 31.1 Å². The molecule has 3 unspecified atom stereocenters. The molecule has 1 saturated carbocycles. The maximum atomic E-state index is 11.7. The Morgan fingerprint density at radius 2 is 1.84 bits per heavy atom. The fraction of sp³-hybridized carbons (Fsp3) is 0.846. The molecule has 3 atom stereocenters. The molecule has 0 radical (unpaired) electrons. The highest BCUT2D eigenvalue weighted by atomic mass is 16.5.